The van der Waals surface area contributed by atoms with Crippen LogP contribution in [0.3, 0.4) is 0 Å². The first-order valence-corrected chi connectivity index (χ1v) is 15.6. The molecule has 0 saturated heterocycles. The molecule has 0 spiro atoms. The summed E-state index contributed by atoms with van der Waals surface area (Å²) >= 11 is 6.30. The first kappa shape index (κ1) is 32.9. The molecule has 0 saturated carbocycles. The summed E-state index contributed by atoms with van der Waals surface area (Å²) in [5.41, 5.74) is 2.33. The first-order valence-electron chi connectivity index (χ1n) is 13.8. The molecule has 0 aliphatic heterocycles. The molecule has 0 aromatic heterocycles. The van der Waals surface area contributed by atoms with E-state index in [1.54, 1.807) is 24.3 Å². The second-order valence-corrected chi connectivity index (χ2v) is 13.6. The van der Waals surface area contributed by atoms with Gasteiger partial charge in [-0.25, -0.2) is 8.42 Å². The number of amides is 2. The van der Waals surface area contributed by atoms with Gasteiger partial charge in [0.25, 0.3) is 10.0 Å². The lowest BCUT2D eigenvalue weighted by atomic mass is 10.1. The summed E-state index contributed by atoms with van der Waals surface area (Å²) in [5, 5.41) is 3.24. The number of anilines is 1. The van der Waals surface area contributed by atoms with Gasteiger partial charge in [-0.1, -0.05) is 66.0 Å². The Hall–Kier alpha value is -3.56. The van der Waals surface area contributed by atoms with E-state index in [-0.39, 0.29) is 33.8 Å². The molecule has 3 aromatic rings. The number of sulfonamides is 1. The molecule has 0 aliphatic rings. The van der Waals surface area contributed by atoms with E-state index in [4.69, 9.17) is 16.3 Å². The zero-order valence-electron chi connectivity index (χ0n) is 25.3. The van der Waals surface area contributed by atoms with Crippen LogP contribution in [0.2, 0.25) is 5.02 Å². The van der Waals surface area contributed by atoms with Gasteiger partial charge in [-0.3, -0.25) is 13.9 Å². The summed E-state index contributed by atoms with van der Waals surface area (Å²) in [5.74, 6) is -0.645. The minimum atomic E-state index is -4.26. The van der Waals surface area contributed by atoms with Crippen LogP contribution in [0.25, 0.3) is 0 Å². The molecule has 8 nitrogen and oxygen atoms in total. The fraction of sp³-hybridized carbons (Fsp3) is 0.375. The number of aryl methyl sites for hydroxylation is 2. The third-order valence-electron chi connectivity index (χ3n) is 6.66. The Labute approximate surface area is 254 Å². The summed E-state index contributed by atoms with van der Waals surface area (Å²) in [6.07, 6.45) is 0.324. The summed E-state index contributed by atoms with van der Waals surface area (Å²) in [6, 6.07) is 17.8. The topological polar surface area (TPSA) is 96.0 Å². The lowest BCUT2D eigenvalue weighted by Gasteiger charge is -2.35. The number of carbonyl (C=O) groups excluding carboxylic acids is 2. The average molecular weight is 614 g/mol. The van der Waals surface area contributed by atoms with Crippen LogP contribution in [-0.4, -0.2) is 50.4 Å². The molecule has 226 valence electrons. The minimum absolute atomic E-state index is 0.00512. The largest absolute Gasteiger partial charge is 0.495 e. The quantitative estimate of drug-likeness (QED) is 0.291. The smallest absolute Gasteiger partial charge is 0.264 e. The van der Waals surface area contributed by atoms with Crippen molar-refractivity contribution >= 4 is 39.1 Å². The highest BCUT2D eigenvalue weighted by Crippen LogP contribution is 2.35. The van der Waals surface area contributed by atoms with Crippen molar-refractivity contribution in [2.75, 3.05) is 18.0 Å². The van der Waals surface area contributed by atoms with Gasteiger partial charge in [-0.2, -0.15) is 0 Å². The number of benzene rings is 3. The molecule has 2 amide bonds. The predicted molar refractivity (Wildman–Crippen MR) is 167 cm³/mol. The Balaban J connectivity index is 2.14. The van der Waals surface area contributed by atoms with Gasteiger partial charge in [-0.15, -0.1) is 0 Å². The molecule has 0 heterocycles. The molecule has 0 fully saturated rings. The minimum Gasteiger partial charge on any atom is -0.495 e. The van der Waals surface area contributed by atoms with Crippen LogP contribution in [0.5, 0.6) is 5.75 Å². The van der Waals surface area contributed by atoms with Gasteiger partial charge >= 0.3 is 0 Å². The molecule has 3 rings (SSSR count). The van der Waals surface area contributed by atoms with E-state index in [1.807, 2.05) is 65.8 Å². The fourth-order valence-corrected chi connectivity index (χ4v) is 6.05. The van der Waals surface area contributed by atoms with Gasteiger partial charge in [0.05, 0.1) is 17.7 Å². The number of nitrogens with zero attached hydrogens (tertiary/aromatic N) is 2. The van der Waals surface area contributed by atoms with Crippen molar-refractivity contribution in [1.82, 2.24) is 10.2 Å². The van der Waals surface area contributed by atoms with E-state index in [9.17, 15) is 18.0 Å². The standard InChI is InChI=1S/C32H40ClN3O5S/c1-8-27(31(38)34-32(4,5)6)35(20-24-13-9-22(2)10-14-24)30(37)21-36(28-19-25(33)15-18-29(28)41-7)42(39,40)26-16-11-23(3)12-17-26/h9-19,27H,8,20-21H2,1-7H3,(H,34,38). The van der Waals surface area contributed by atoms with Crippen molar-refractivity contribution < 1.29 is 22.7 Å². The number of ether oxygens (including phenoxy) is 1. The van der Waals surface area contributed by atoms with Crippen LogP contribution in [-0.2, 0) is 26.2 Å². The number of halogens is 1. The predicted octanol–water partition coefficient (Wildman–Crippen LogP) is 5.88. The van der Waals surface area contributed by atoms with Crippen molar-refractivity contribution in [3.8, 4) is 5.75 Å². The number of nitrogens with one attached hydrogen (secondary N) is 1. The molecule has 0 bridgehead atoms. The highest BCUT2D eigenvalue weighted by Gasteiger charge is 2.35. The Morgan fingerprint density at radius 3 is 2.05 bits per heavy atom. The summed E-state index contributed by atoms with van der Waals surface area (Å²) in [7, 11) is -2.85. The molecule has 1 unspecified atom stereocenters. The SMILES string of the molecule is CCC(C(=O)NC(C)(C)C)N(Cc1ccc(C)cc1)C(=O)CN(c1cc(Cl)ccc1OC)S(=O)(=O)c1ccc(C)cc1. The molecular formula is C32H40ClN3O5S. The van der Waals surface area contributed by atoms with Gasteiger partial charge in [0, 0.05) is 17.1 Å². The molecule has 3 aromatic carbocycles. The maximum absolute atomic E-state index is 14.3. The number of methoxy groups -OCH3 is 1. The van der Waals surface area contributed by atoms with Crippen LogP contribution < -0.4 is 14.4 Å². The summed E-state index contributed by atoms with van der Waals surface area (Å²) < 4.78 is 34.7. The maximum atomic E-state index is 14.3. The van der Waals surface area contributed by atoms with Crippen LogP contribution in [0, 0.1) is 13.8 Å². The molecule has 42 heavy (non-hydrogen) atoms. The van der Waals surface area contributed by atoms with Crippen LogP contribution >= 0.6 is 11.6 Å². The first-order chi connectivity index (χ1) is 19.7. The highest BCUT2D eigenvalue weighted by atomic mass is 35.5. The Morgan fingerprint density at radius 1 is 0.952 bits per heavy atom. The monoisotopic (exact) mass is 613 g/mol. The third-order valence-corrected chi connectivity index (χ3v) is 8.66. The number of hydrogen-bond acceptors (Lipinski definition) is 5. The van der Waals surface area contributed by atoms with E-state index in [1.165, 1.54) is 30.2 Å². The zero-order chi connectivity index (χ0) is 31.2. The summed E-state index contributed by atoms with van der Waals surface area (Å²) in [6.45, 7) is 10.8. The molecule has 10 heteroatoms. The van der Waals surface area contributed by atoms with E-state index < -0.39 is 34.1 Å². The van der Waals surface area contributed by atoms with Crippen molar-refractivity contribution in [2.24, 2.45) is 0 Å². The lowest BCUT2D eigenvalue weighted by molar-refractivity contribution is -0.141. The molecule has 1 atom stereocenters. The molecule has 0 radical (unpaired) electrons. The van der Waals surface area contributed by atoms with Gasteiger partial charge in [0.1, 0.15) is 18.3 Å². The fourth-order valence-electron chi connectivity index (χ4n) is 4.47. The van der Waals surface area contributed by atoms with Crippen molar-refractivity contribution in [3.63, 3.8) is 0 Å². The zero-order valence-corrected chi connectivity index (χ0v) is 26.8. The van der Waals surface area contributed by atoms with E-state index in [0.29, 0.717) is 6.42 Å². The van der Waals surface area contributed by atoms with Crippen molar-refractivity contribution in [1.29, 1.82) is 0 Å². The number of hydrogen-bond donors (Lipinski definition) is 1. The van der Waals surface area contributed by atoms with Crippen molar-refractivity contribution in [2.45, 2.75) is 71.0 Å². The van der Waals surface area contributed by atoms with Gasteiger partial charge < -0.3 is 15.0 Å². The van der Waals surface area contributed by atoms with Crippen molar-refractivity contribution in [3.05, 3.63) is 88.4 Å². The number of carbonyl (C=O) groups is 2. The molecule has 0 aliphatic carbocycles. The van der Waals surface area contributed by atoms with E-state index >= 15 is 0 Å². The maximum Gasteiger partial charge on any atom is 0.264 e. The van der Waals surface area contributed by atoms with Gasteiger partial charge in [-0.05, 0) is 76.9 Å². The van der Waals surface area contributed by atoms with Gasteiger partial charge in [0.15, 0.2) is 0 Å². The third kappa shape index (κ3) is 8.26. The second-order valence-electron chi connectivity index (χ2n) is 11.3. The Morgan fingerprint density at radius 2 is 1.52 bits per heavy atom. The number of rotatable bonds is 11. The summed E-state index contributed by atoms with van der Waals surface area (Å²) in [4.78, 5) is 29.2. The Bertz CT molecular complexity index is 1500. The average Bonchev–Trinajstić information content (AvgIpc) is 2.91. The molecule has 1 N–H and O–H groups in total. The van der Waals surface area contributed by atoms with Gasteiger partial charge in [0.2, 0.25) is 11.8 Å². The highest BCUT2D eigenvalue weighted by molar-refractivity contribution is 7.92. The molecular weight excluding hydrogens is 574 g/mol. The normalized spacial score (nSPS) is 12.4. The van der Waals surface area contributed by atoms with Crippen LogP contribution in [0.15, 0.2) is 71.6 Å². The van der Waals surface area contributed by atoms with E-state index in [2.05, 4.69) is 5.32 Å². The second kappa shape index (κ2) is 13.6. The van der Waals surface area contributed by atoms with Crippen LogP contribution in [0.1, 0.15) is 50.8 Å². The van der Waals surface area contributed by atoms with Crippen LogP contribution in [0.4, 0.5) is 5.69 Å². The lowest BCUT2D eigenvalue weighted by Crippen LogP contribution is -2.55. The Kier molecular flexibility index (Phi) is 10.7. The van der Waals surface area contributed by atoms with E-state index in [0.717, 1.165) is 21.0 Å².